The molecule has 0 bridgehead atoms. The molecule has 1 aliphatic rings. The molecule has 1 atom stereocenters. The Hall–Kier alpha value is -0.570. The average Bonchev–Trinajstić information content (AvgIpc) is 2.59. The topological polar surface area (TPSA) is 66.0 Å². The molecule has 0 aliphatic carbocycles. The number of nitrogens with one attached hydrogen (secondary N) is 2. The van der Waals surface area contributed by atoms with Gasteiger partial charge in [0.25, 0.3) is 0 Å². The Morgan fingerprint density at radius 3 is 2.31 bits per heavy atom. The lowest BCUT2D eigenvalue weighted by Crippen LogP contribution is -2.50. The molecule has 1 amide bonds. The van der Waals surface area contributed by atoms with Crippen LogP contribution < -0.4 is 10.6 Å². The SMILES string of the molecule is CCOC(CCNC(=NC)NC1CCN(C(=O)C(C)C)CC1)C(C)C.I. The van der Waals surface area contributed by atoms with Crippen LogP contribution in [0.15, 0.2) is 4.99 Å². The highest BCUT2D eigenvalue weighted by atomic mass is 127. The second kappa shape index (κ2) is 13.6. The fourth-order valence-corrected chi connectivity index (χ4v) is 3.15. The maximum absolute atomic E-state index is 12.1. The van der Waals surface area contributed by atoms with E-state index in [0.717, 1.165) is 51.5 Å². The second-order valence-corrected chi connectivity index (χ2v) is 7.42. The highest BCUT2D eigenvalue weighted by Crippen LogP contribution is 2.13. The quantitative estimate of drug-likeness (QED) is 0.317. The number of amides is 1. The van der Waals surface area contributed by atoms with Crippen molar-refractivity contribution in [2.75, 3.05) is 33.3 Å². The fourth-order valence-electron chi connectivity index (χ4n) is 3.15. The minimum atomic E-state index is 0. The minimum absolute atomic E-state index is 0. The highest BCUT2D eigenvalue weighted by molar-refractivity contribution is 14.0. The fraction of sp³-hybridized carbons (Fsp3) is 0.895. The standard InChI is InChI=1S/C19H38N4O2.HI/c1-7-25-17(14(2)3)8-11-21-19(20-6)22-16-9-12-23(13-10-16)18(24)15(4)5;/h14-17H,7-13H2,1-6H3,(H2,20,21,22);1H. The van der Waals surface area contributed by atoms with Gasteiger partial charge in [-0.05, 0) is 32.1 Å². The zero-order valence-corrected chi connectivity index (χ0v) is 19.7. The Morgan fingerprint density at radius 2 is 1.85 bits per heavy atom. The van der Waals surface area contributed by atoms with E-state index in [-0.39, 0.29) is 41.9 Å². The van der Waals surface area contributed by atoms with Gasteiger partial charge in [-0.15, -0.1) is 24.0 Å². The smallest absolute Gasteiger partial charge is 0.225 e. The number of halogens is 1. The molecule has 0 aromatic rings. The van der Waals surface area contributed by atoms with E-state index < -0.39 is 0 Å². The van der Waals surface area contributed by atoms with Crippen molar-refractivity contribution in [3.8, 4) is 0 Å². The Kier molecular flexibility index (Phi) is 13.3. The maximum Gasteiger partial charge on any atom is 0.225 e. The molecule has 1 heterocycles. The van der Waals surface area contributed by atoms with E-state index in [1.165, 1.54) is 0 Å². The van der Waals surface area contributed by atoms with Crippen molar-refractivity contribution >= 4 is 35.8 Å². The normalized spacial score (nSPS) is 17.2. The molecule has 1 aliphatic heterocycles. The summed E-state index contributed by atoms with van der Waals surface area (Å²) in [4.78, 5) is 18.4. The first-order valence-electron chi connectivity index (χ1n) is 9.76. The third-order valence-electron chi connectivity index (χ3n) is 4.71. The molecule has 6 nitrogen and oxygen atoms in total. The van der Waals surface area contributed by atoms with Gasteiger partial charge in [0.2, 0.25) is 5.91 Å². The first kappa shape index (κ1) is 25.4. The largest absolute Gasteiger partial charge is 0.378 e. The number of hydrogen-bond acceptors (Lipinski definition) is 3. The van der Waals surface area contributed by atoms with Gasteiger partial charge in [0.1, 0.15) is 0 Å². The predicted molar refractivity (Wildman–Crippen MR) is 119 cm³/mol. The van der Waals surface area contributed by atoms with E-state index >= 15 is 0 Å². The number of guanidine groups is 1. The van der Waals surface area contributed by atoms with Crippen LogP contribution in [0.25, 0.3) is 0 Å². The lowest BCUT2D eigenvalue weighted by Gasteiger charge is -2.34. The average molecular weight is 482 g/mol. The first-order chi connectivity index (χ1) is 11.9. The van der Waals surface area contributed by atoms with E-state index in [1.54, 1.807) is 7.05 Å². The summed E-state index contributed by atoms with van der Waals surface area (Å²) in [5, 5.41) is 6.88. The van der Waals surface area contributed by atoms with Crippen LogP contribution in [-0.2, 0) is 9.53 Å². The molecule has 26 heavy (non-hydrogen) atoms. The van der Waals surface area contributed by atoms with Gasteiger partial charge in [0, 0.05) is 45.2 Å². The van der Waals surface area contributed by atoms with E-state index in [4.69, 9.17) is 4.74 Å². The number of ether oxygens (including phenoxy) is 1. The second-order valence-electron chi connectivity index (χ2n) is 7.42. The van der Waals surface area contributed by atoms with Crippen LogP contribution in [-0.4, -0.2) is 62.2 Å². The van der Waals surface area contributed by atoms with Crippen molar-refractivity contribution in [1.82, 2.24) is 15.5 Å². The molecule has 0 aromatic heterocycles. The molecule has 7 heteroatoms. The maximum atomic E-state index is 12.1. The van der Waals surface area contributed by atoms with Crippen LogP contribution in [0.1, 0.15) is 53.9 Å². The lowest BCUT2D eigenvalue weighted by atomic mass is 10.0. The number of carbonyl (C=O) groups excluding carboxylic acids is 1. The summed E-state index contributed by atoms with van der Waals surface area (Å²) in [5.41, 5.74) is 0. The van der Waals surface area contributed by atoms with Gasteiger partial charge in [-0.25, -0.2) is 0 Å². The molecule has 2 N–H and O–H groups in total. The summed E-state index contributed by atoms with van der Waals surface area (Å²) in [6.07, 6.45) is 3.17. The molecule has 0 radical (unpaired) electrons. The van der Waals surface area contributed by atoms with Crippen LogP contribution in [0.3, 0.4) is 0 Å². The summed E-state index contributed by atoms with van der Waals surface area (Å²) in [5.74, 6) is 1.70. The van der Waals surface area contributed by atoms with Crippen molar-refractivity contribution in [3.63, 3.8) is 0 Å². The molecular weight excluding hydrogens is 443 g/mol. The Bertz CT molecular complexity index is 422. The zero-order chi connectivity index (χ0) is 18.8. The summed E-state index contributed by atoms with van der Waals surface area (Å²) in [7, 11) is 1.80. The molecule has 0 aromatic carbocycles. The van der Waals surface area contributed by atoms with Crippen molar-refractivity contribution in [3.05, 3.63) is 0 Å². The molecule has 154 valence electrons. The molecule has 0 spiro atoms. The molecule has 0 saturated carbocycles. The first-order valence-corrected chi connectivity index (χ1v) is 9.76. The third-order valence-corrected chi connectivity index (χ3v) is 4.71. The van der Waals surface area contributed by atoms with Gasteiger partial charge < -0.3 is 20.3 Å². The van der Waals surface area contributed by atoms with Crippen molar-refractivity contribution in [2.45, 2.75) is 66.0 Å². The monoisotopic (exact) mass is 482 g/mol. The van der Waals surface area contributed by atoms with Gasteiger partial charge in [-0.1, -0.05) is 27.7 Å². The summed E-state index contributed by atoms with van der Waals surface area (Å²) in [6.45, 7) is 13.6. The van der Waals surface area contributed by atoms with Crippen molar-refractivity contribution in [2.24, 2.45) is 16.8 Å². The van der Waals surface area contributed by atoms with Gasteiger partial charge in [0.15, 0.2) is 5.96 Å². The van der Waals surface area contributed by atoms with E-state index in [2.05, 4.69) is 29.5 Å². The number of likely N-dealkylation sites (tertiary alicyclic amines) is 1. The molecule has 1 saturated heterocycles. The van der Waals surface area contributed by atoms with Crippen LogP contribution in [0.2, 0.25) is 0 Å². The van der Waals surface area contributed by atoms with Gasteiger partial charge in [-0.3, -0.25) is 9.79 Å². The summed E-state index contributed by atoms with van der Waals surface area (Å²) >= 11 is 0. The molecule has 1 unspecified atom stereocenters. The van der Waals surface area contributed by atoms with Crippen LogP contribution >= 0.6 is 24.0 Å². The number of carbonyl (C=O) groups is 1. The van der Waals surface area contributed by atoms with Crippen molar-refractivity contribution in [1.29, 1.82) is 0 Å². The Labute approximate surface area is 176 Å². The number of hydrogen-bond donors (Lipinski definition) is 2. The summed E-state index contributed by atoms with van der Waals surface area (Å²) < 4.78 is 5.78. The Morgan fingerprint density at radius 1 is 1.23 bits per heavy atom. The molecular formula is C19H39IN4O2. The summed E-state index contributed by atoms with van der Waals surface area (Å²) in [6, 6.07) is 0.371. The number of rotatable bonds is 8. The predicted octanol–water partition coefficient (Wildman–Crippen LogP) is 2.87. The number of piperidine rings is 1. The van der Waals surface area contributed by atoms with E-state index in [0.29, 0.717) is 12.0 Å². The van der Waals surface area contributed by atoms with Gasteiger partial charge >= 0.3 is 0 Å². The minimum Gasteiger partial charge on any atom is -0.378 e. The highest BCUT2D eigenvalue weighted by Gasteiger charge is 2.24. The van der Waals surface area contributed by atoms with Gasteiger partial charge in [0.05, 0.1) is 6.10 Å². The van der Waals surface area contributed by atoms with Crippen LogP contribution in [0, 0.1) is 11.8 Å². The zero-order valence-electron chi connectivity index (χ0n) is 17.4. The molecule has 1 rings (SSSR count). The van der Waals surface area contributed by atoms with E-state index in [9.17, 15) is 4.79 Å². The lowest BCUT2D eigenvalue weighted by molar-refractivity contribution is -0.135. The van der Waals surface area contributed by atoms with E-state index in [1.807, 2.05) is 25.7 Å². The molecule has 1 fully saturated rings. The van der Waals surface area contributed by atoms with Gasteiger partial charge in [-0.2, -0.15) is 0 Å². The third kappa shape index (κ3) is 8.88. The number of nitrogens with zero attached hydrogens (tertiary/aromatic N) is 2. The Balaban J connectivity index is 0.00000625. The number of aliphatic imine (C=N–C) groups is 1. The van der Waals surface area contributed by atoms with Crippen LogP contribution in [0.5, 0.6) is 0 Å². The van der Waals surface area contributed by atoms with Crippen molar-refractivity contribution < 1.29 is 9.53 Å². The van der Waals surface area contributed by atoms with Crippen LogP contribution in [0.4, 0.5) is 0 Å².